The second-order valence-electron chi connectivity index (χ2n) is 9.20. The van der Waals surface area contributed by atoms with Crippen molar-refractivity contribution in [2.75, 3.05) is 11.4 Å². The number of allylic oxidation sites excluding steroid dienone is 2. The van der Waals surface area contributed by atoms with Gasteiger partial charge >= 0.3 is 0 Å². The molecule has 0 unspecified atom stereocenters. The summed E-state index contributed by atoms with van der Waals surface area (Å²) >= 11 is 0. The maximum atomic E-state index is 14.7. The lowest BCUT2D eigenvalue weighted by molar-refractivity contribution is -0.117. The fourth-order valence-electron chi connectivity index (χ4n) is 5.01. The molecule has 0 aromatic heterocycles. The molecule has 1 aliphatic heterocycles. The number of hydrogen-bond acceptors (Lipinski definition) is 2. The molecular formula is C27H30FNO2. The predicted octanol–water partition coefficient (Wildman–Crippen LogP) is 6.74. The van der Waals surface area contributed by atoms with Gasteiger partial charge in [-0.15, -0.1) is 0 Å². The molecular weight excluding hydrogens is 389 g/mol. The number of rotatable bonds is 5. The fourth-order valence-corrected chi connectivity index (χ4v) is 5.01. The van der Waals surface area contributed by atoms with E-state index in [4.69, 9.17) is 4.74 Å². The Morgan fingerprint density at radius 2 is 1.87 bits per heavy atom. The van der Waals surface area contributed by atoms with Crippen molar-refractivity contribution in [1.29, 1.82) is 0 Å². The van der Waals surface area contributed by atoms with Crippen molar-refractivity contribution in [3.05, 3.63) is 65.0 Å². The second kappa shape index (κ2) is 8.86. The third-order valence-corrected chi connectivity index (χ3v) is 7.04. The minimum absolute atomic E-state index is 0.0552. The molecule has 31 heavy (non-hydrogen) atoms. The summed E-state index contributed by atoms with van der Waals surface area (Å²) < 4.78 is 20.6. The number of hydrogen-bond donors (Lipinski definition) is 0. The molecule has 1 saturated carbocycles. The maximum Gasteiger partial charge on any atom is 0.227 e. The van der Waals surface area contributed by atoms with Gasteiger partial charge in [0.05, 0.1) is 0 Å². The van der Waals surface area contributed by atoms with Crippen LogP contribution in [-0.4, -0.2) is 12.5 Å². The number of anilines is 1. The molecule has 162 valence electrons. The number of nitrogens with zero attached hydrogens (tertiary/aromatic N) is 1. The van der Waals surface area contributed by atoms with Crippen LogP contribution < -0.4 is 9.64 Å². The van der Waals surface area contributed by atoms with Crippen LogP contribution in [0, 0.1) is 11.7 Å². The van der Waals surface area contributed by atoms with Gasteiger partial charge in [0.1, 0.15) is 5.75 Å². The average molecular weight is 420 g/mol. The Bertz CT molecular complexity index is 1010. The molecule has 1 amide bonds. The number of ether oxygens (including phenoxy) is 1. The van der Waals surface area contributed by atoms with E-state index in [0.29, 0.717) is 24.4 Å². The lowest BCUT2D eigenvalue weighted by Gasteiger charge is -2.27. The van der Waals surface area contributed by atoms with Crippen molar-refractivity contribution >= 4 is 11.6 Å². The molecule has 1 heterocycles. The standard InChI is InChI=1S/C27H30FNO2/c28-25-18-23(29-15-3-8-27(29)30)12-14-26(25)31-24-13-11-21-10-9-20(16-19-4-1-5-19)6-2-7-22(21)17-24/h6,11-14,17-19H,1-5,7-10,15-16H2/b20-6+. The summed E-state index contributed by atoms with van der Waals surface area (Å²) in [6.45, 7) is 0.653. The van der Waals surface area contributed by atoms with Crippen LogP contribution in [0.15, 0.2) is 48.0 Å². The Labute approximate surface area is 183 Å². The summed E-state index contributed by atoms with van der Waals surface area (Å²) in [7, 11) is 0. The first-order valence-corrected chi connectivity index (χ1v) is 11.7. The molecule has 5 rings (SSSR count). The largest absolute Gasteiger partial charge is 0.454 e. The van der Waals surface area contributed by atoms with Crippen LogP contribution in [0.5, 0.6) is 11.5 Å². The molecule has 0 spiro atoms. The van der Waals surface area contributed by atoms with Crippen LogP contribution in [0.25, 0.3) is 0 Å². The summed E-state index contributed by atoms with van der Waals surface area (Å²) in [4.78, 5) is 13.6. The van der Waals surface area contributed by atoms with E-state index in [-0.39, 0.29) is 11.7 Å². The monoisotopic (exact) mass is 419 g/mol. The zero-order chi connectivity index (χ0) is 21.2. The van der Waals surface area contributed by atoms with Gasteiger partial charge in [-0.25, -0.2) is 4.39 Å². The molecule has 2 aromatic rings. The fraction of sp³-hybridized carbons (Fsp3) is 0.444. The van der Waals surface area contributed by atoms with Gasteiger partial charge in [0.15, 0.2) is 11.6 Å². The van der Waals surface area contributed by atoms with Crippen LogP contribution in [0.1, 0.15) is 62.5 Å². The topological polar surface area (TPSA) is 29.5 Å². The number of halogens is 1. The van der Waals surface area contributed by atoms with Crippen molar-refractivity contribution in [2.24, 2.45) is 5.92 Å². The van der Waals surface area contributed by atoms with Crippen LogP contribution in [0.2, 0.25) is 0 Å². The molecule has 2 fully saturated rings. The molecule has 2 aromatic carbocycles. The lowest BCUT2D eigenvalue weighted by Crippen LogP contribution is -2.23. The van der Waals surface area contributed by atoms with E-state index in [0.717, 1.165) is 38.0 Å². The van der Waals surface area contributed by atoms with Gasteiger partial charge in [0.2, 0.25) is 5.91 Å². The second-order valence-corrected chi connectivity index (χ2v) is 9.20. The molecule has 3 aliphatic rings. The van der Waals surface area contributed by atoms with Crippen LogP contribution >= 0.6 is 0 Å². The SMILES string of the molecule is O=C1CCCN1c1ccc(Oc2ccc3c(c2)CC/C=C(/CC2CCC2)CC3)c(F)c1. The third kappa shape index (κ3) is 4.53. The van der Waals surface area contributed by atoms with Gasteiger partial charge < -0.3 is 9.64 Å². The van der Waals surface area contributed by atoms with Gasteiger partial charge in [0.25, 0.3) is 0 Å². The van der Waals surface area contributed by atoms with Gasteiger partial charge in [-0.1, -0.05) is 37.0 Å². The smallest absolute Gasteiger partial charge is 0.227 e. The zero-order valence-electron chi connectivity index (χ0n) is 18.0. The van der Waals surface area contributed by atoms with Gasteiger partial charge in [0, 0.05) is 24.7 Å². The van der Waals surface area contributed by atoms with Crippen molar-refractivity contribution in [2.45, 2.75) is 64.2 Å². The van der Waals surface area contributed by atoms with E-state index in [9.17, 15) is 9.18 Å². The van der Waals surface area contributed by atoms with Crippen molar-refractivity contribution < 1.29 is 13.9 Å². The van der Waals surface area contributed by atoms with E-state index < -0.39 is 5.82 Å². The zero-order valence-corrected chi connectivity index (χ0v) is 18.0. The van der Waals surface area contributed by atoms with Gasteiger partial charge in [-0.3, -0.25) is 4.79 Å². The number of aryl methyl sites for hydroxylation is 2. The molecule has 4 heteroatoms. The van der Waals surface area contributed by atoms with Crippen LogP contribution in [0.3, 0.4) is 0 Å². The van der Waals surface area contributed by atoms with E-state index in [1.165, 1.54) is 42.9 Å². The van der Waals surface area contributed by atoms with E-state index in [2.05, 4.69) is 18.2 Å². The first-order chi connectivity index (χ1) is 15.2. The highest BCUT2D eigenvalue weighted by Gasteiger charge is 2.23. The molecule has 0 radical (unpaired) electrons. The lowest BCUT2D eigenvalue weighted by atomic mass is 9.79. The highest BCUT2D eigenvalue weighted by molar-refractivity contribution is 5.95. The van der Waals surface area contributed by atoms with Crippen LogP contribution in [0.4, 0.5) is 10.1 Å². The predicted molar refractivity (Wildman–Crippen MR) is 121 cm³/mol. The van der Waals surface area contributed by atoms with Crippen molar-refractivity contribution in [3.8, 4) is 11.5 Å². The minimum atomic E-state index is -0.437. The van der Waals surface area contributed by atoms with Gasteiger partial charge in [-0.05, 0) is 79.8 Å². The molecule has 0 N–H and O–H groups in total. The summed E-state index contributed by atoms with van der Waals surface area (Å²) in [6, 6.07) is 11.0. The highest BCUT2D eigenvalue weighted by atomic mass is 19.1. The maximum absolute atomic E-state index is 14.7. The summed E-state index contributed by atoms with van der Waals surface area (Å²) in [5.41, 5.74) is 4.93. The van der Waals surface area contributed by atoms with E-state index in [1.54, 1.807) is 22.6 Å². The normalized spacial score (nSPS) is 21.0. The average Bonchev–Trinajstić information content (AvgIpc) is 3.14. The Balaban J connectivity index is 1.27. The molecule has 0 bridgehead atoms. The molecule has 2 aliphatic carbocycles. The number of amides is 1. The third-order valence-electron chi connectivity index (χ3n) is 7.04. The Hall–Kier alpha value is -2.62. The number of fused-ring (bicyclic) bond motifs is 1. The molecule has 1 saturated heterocycles. The first-order valence-electron chi connectivity index (χ1n) is 11.7. The minimum Gasteiger partial charge on any atom is -0.454 e. The Kier molecular flexibility index (Phi) is 5.80. The highest BCUT2D eigenvalue weighted by Crippen LogP contribution is 2.35. The quantitative estimate of drug-likeness (QED) is 0.502. The molecule has 0 atom stereocenters. The summed E-state index contributed by atoms with van der Waals surface area (Å²) in [5, 5.41) is 0. The van der Waals surface area contributed by atoms with E-state index in [1.807, 2.05) is 6.07 Å². The van der Waals surface area contributed by atoms with Crippen LogP contribution in [-0.2, 0) is 17.6 Å². The Morgan fingerprint density at radius 1 is 0.968 bits per heavy atom. The van der Waals surface area contributed by atoms with Crippen molar-refractivity contribution in [3.63, 3.8) is 0 Å². The summed E-state index contributed by atoms with van der Waals surface area (Å²) in [6.07, 6.45) is 13.6. The number of carbonyl (C=O) groups is 1. The number of carbonyl (C=O) groups excluding carboxylic acids is 1. The number of benzene rings is 2. The van der Waals surface area contributed by atoms with Crippen molar-refractivity contribution in [1.82, 2.24) is 0 Å². The first kappa shape index (κ1) is 20.3. The summed E-state index contributed by atoms with van der Waals surface area (Å²) in [5.74, 6) is 1.41. The van der Waals surface area contributed by atoms with E-state index >= 15 is 0 Å². The Morgan fingerprint density at radius 3 is 2.61 bits per heavy atom. The van der Waals surface area contributed by atoms with Gasteiger partial charge in [-0.2, -0.15) is 0 Å². The molecule has 3 nitrogen and oxygen atoms in total.